The maximum atomic E-state index is 12.3. The topological polar surface area (TPSA) is 94.0 Å². The number of aromatic nitrogens is 4. The van der Waals surface area contributed by atoms with Gasteiger partial charge in [-0.15, -0.1) is 10.2 Å². The zero-order chi connectivity index (χ0) is 19.7. The van der Waals surface area contributed by atoms with Crippen LogP contribution in [0.2, 0.25) is 0 Å². The van der Waals surface area contributed by atoms with E-state index in [1.807, 2.05) is 12.1 Å². The second kappa shape index (κ2) is 7.26. The summed E-state index contributed by atoms with van der Waals surface area (Å²) in [5.74, 6) is 1.08. The molecule has 1 aromatic heterocycles. The molecule has 146 valence electrons. The number of carbonyl (C=O) groups is 1. The molecule has 3 rings (SSSR count). The lowest BCUT2D eigenvalue weighted by atomic mass is 9.79. The highest BCUT2D eigenvalue weighted by Gasteiger charge is 2.38. The van der Waals surface area contributed by atoms with Gasteiger partial charge in [-0.1, -0.05) is 0 Å². The molecule has 0 radical (unpaired) electrons. The molecule has 0 unspecified atom stereocenters. The molecule has 0 spiro atoms. The summed E-state index contributed by atoms with van der Waals surface area (Å²) < 4.78 is 5.62. The first-order valence-corrected chi connectivity index (χ1v) is 9.18. The van der Waals surface area contributed by atoms with Crippen molar-refractivity contribution in [1.29, 1.82) is 0 Å². The van der Waals surface area contributed by atoms with E-state index in [0.29, 0.717) is 11.6 Å². The van der Waals surface area contributed by atoms with Crippen LogP contribution in [-0.2, 0) is 11.8 Å². The summed E-state index contributed by atoms with van der Waals surface area (Å²) in [6, 6.07) is 7.44. The van der Waals surface area contributed by atoms with Crippen molar-refractivity contribution in [3.05, 3.63) is 24.3 Å². The summed E-state index contributed by atoms with van der Waals surface area (Å²) in [6.07, 6.45) is 1.78. The highest BCUT2D eigenvalue weighted by atomic mass is 16.5. The Balaban J connectivity index is 1.52. The molecule has 1 saturated heterocycles. The normalized spacial score (nSPS) is 18.9. The van der Waals surface area contributed by atoms with Crippen molar-refractivity contribution >= 4 is 5.91 Å². The fourth-order valence-corrected chi connectivity index (χ4v) is 3.94. The van der Waals surface area contributed by atoms with Crippen molar-refractivity contribution in [2.75, 3.05) is 6.61 Å². The first kappa shape index (κ1) is 19.3. The van der Waals surface area contributed by atoms with Gasteiger partial charge in [0.05, 0.1) is 7.05 Å². The van der Waals surface area contributed by atoms with Gasteiger partial charge in [0, 0.05) is 22.7 Å². The van der Waals surface area contributed by atoms with Crippen LogP contribution in [0, 0.1) is 0 Å². The lowest BCUT2D eigenvalue weighted by Crippen LogP contribution is -2.62. The fraction of sp³-hybridized carbons (Fsp3) is 0.579. The number of amides is 1. The van der Waals surface area contributed by atoms with E-state index >= 15 is 0 Å². The van der Waals surface area contributed by atoms with Crippen LogP contribution in [0.15, 0.2) is 24.3 Å². The van der Waals surface area contributed by atoms with Crippen LogP contribution in [0.1, 0.15) is 40.5 Å². The number of aryl methyl sites for hydroxylation is 1. The zero-order valence-electron chi connectivity index (χ0n) is 16.6. The van der Waals surface area contributed by atoms with Gasteiger partial charge in [0.1, 0.15) is 5.75 Å². The van der Waals surface area contributed by atoms with E-state index in [1.165, 1.54) is 4.80 Å². The number of benzene rings is 1. The number of hydrogen-bond donors (Lipinski definition) is 2. The molecule has 8 nitrogen and oxygen atoms in total. The Bertz CT molecular complexity index is 781. The first-order valence-electron chi connectivity index (χ1n) is 9.18. The molecule has 0 saturated carbocycles. The Kier molecular flexibility index (Phi) is 5.19. The molecule has 8 heteroatoms. The minimum Gasteiger partial charge on any atom is -0.484 e. The largest absolute Gasteiger partial charge is 0.484 e. The maximum Gasteiger partial charge on any atom is 0.258 e. The van der Waals surface area contributed by atoms with Crippen LogP contribution in [0.25, 0.3) is 11.4 Å². The van der Waals surface area contributed by atoms with E-state index in [1.54, 1.807) is 19.2 Å². The fourth-order valence-electron chi connectivity index (χ4n) is 3.94. The number of tetrazole rings is 1. The van der Waals surface area contributed by atoms with Crippen LogP contribution in [0.3, 0.4) is 0 Å². The van der Waals surface area contributed by atoms with E-state index in [4.69, 9.17) is 4.74 Å². The average molecular weight is 372 g/mol. The Morgan fingerprint density at radius 1 is 1.22 bits per heavy atom. The number of nitrogens with zero attached hydrogens (tertiary/aromatic N) is 4. The standard InChI is InChI=1S/C19H28N6O2/c1-18(2)10-14(11-19(3,4)23-18)20-16(26)12-27-15-8-6-13(7-9-15)17-21-24-25(5)22-17/h6-9,14,23H,10-12H2,1-5H3,(H,20,26). The minimum atomic E-state index is -0.104. The van der Waals surface area contributed by atoms with Gasteiger partial charge in [0.2, 0.25) is 5.82 Å². The van der Waals surface area contributed by atoms with Crippen molar-refractivity contribution in [3.8, 4) is 17.1 Å². The molecule has 27 heavy (non-hydrogen) atoms. The molecule has 1 aliphatic heterocycles. The SMILES string of the molecule is Cn1nnc(-c2ccc(OCC(=O)NC3CC(C)(C)NC(C)(C)C3)cc2)n1. The summed E-state index contributed by atoms with van der Waals surface area (Å²) in [6.45, 7) is 8.65. The third-order valence-electron chi connectivity index (χ3n) is 4.55. The van der Waals surface area contributed by atoms with Crippen molar-refractivity contribution in [2.24, 2.45) is 7.05 Å². The number of carbonyl (C=O) groups excluding carboxylic acids is 1. The van der Waals surface area contributed by atoms with Gasteiger partial charge in [0.25, 0.3) is 5.91 Å². The summed E-state index contributed by atoms with van der Waals surface area (Å²) in [5.41, 5.74) is 0.828. The predicted octanol–water partition coefficient (Wildman–Crippen LogP) is 1.68. The second-order valence-corrected chi connectivity index (χ2v) is 8.48. The molecule has 1 aromatic carbocycles. The third kappa shape index (κ3) is 5.26. The second-order valence-electron chi connectivity index (χ2n) is 8.48. The molecule has 0 bridgehead atoms. The number of nitrogens with one attached hydrogen (secondary N) is 2. The maximum absolute atomic E-state index is 12.3. The van der Waals surface area contributed by atoms with E-state index in [-0.39, 0.29) is 29.6 Å². The molecule has 0 aliphatic carbocycles. The molecular weight excluding hydrogens is 344 g/mol. The Labute approximate surface area is 159 Å². The smallest absolute Gasteiger partial charge is 0.258 e. The zero-order valence-corrected chi connectivity index (χ0v) is 16.6. The van der Waals surface area contributed by atoms with Crippen molar-refractivity contribution in [1.82, 2.24) is 30.8 Å². The van der Waals surface area contributed by atoms with Crippen LogP contribution in [0.5, 0.6) is 5.75 Å². The molecule has 1 fully saturated rings. The minimum absolute atomic E-state index is 0.00642. The number of piperidine rings is 1. The van der Waals surface area contributed by atoms with Crippen LogP contribution in [-0.4, -0.2) is 49.8 Å². The van der Waals surface area contributed by atoms with Gasteiger partial charge >= 0.3 is 0 Å². The first-order chi connectivity index (χ1) is 12.6. The van der Waals surface area contributed by atoms with Crippen molar-refractivity contribution < 1.29 is 9.53 Å². The van der Waals surface area contributed by atoms with Crippen molar-refractivity contribution in [3.63, 3.8) is 0 Å². The highest BCUT2D eigenvalue weighted by Crippen LogP contribution is 2.28. The van der Waals surface area contributed by atoms with Gasteiger partial charge in [-0.25, -0.2) is 0 Å². The van der Waals surface area contributed by atoms with Gasteiger partial charge in [-0.2, -0.15) is 4.80 Å². The van der Waals surface area contributed by atoms with E-state index in [0.717, 1.165) is 18.4 Å². The van der Waals surface area contributed by atoms with Crippen molar-refractivity contribution in [2.45, 2.75) is 57.7 Å². The molecule has 2 aromatic rings. The molecule has 2 heterocycles. The summed E-state index contributed by atoms with van der Waals surface area (Å²) >= 11 is 0. The van der Waals surface area contributed by atoms with E-state index in [2.05, 4.69) is 53.7 Å². The highest BCUT2D eigenvalue weighted by molar-refractivity contribution is 5.78. The van der Waals surface area contributed by atoms with Crippen LogP contribution < -0.4 is 15.4 Å². The number of rotatable bonds is 5. The van der Waals surface area contributed by atoms with Crippen LogP contribution in [0.4, 0.5) is 0 Å². The molecule has 1 amide bonds. The molecule has 0 atom stereocenters. The van der Waals surface area contributed by atoms with Crippen LogP contribution >= 0.6 is 0 Å². The Morgan fingerprint density at radius 3 is 2.41 bits per heavy atom. The summed E-state index contributed by atoms with van der Waals surface area (Å²) in [5, 5.41) is 18.7. The number of hydrogen-bond acceptors (Lipinski definition) is 6. The summed E-state index contributed by atoms with van der Waals surface area (Å²) in [7, 11) is 1.72. The van der Waals surface area contributed by atoms with Gasteiger partial charge in [0.15, 0.2) is 6.61 Å². The monoisotopic (exact) mass is 372 g/mol. The average Bonchev–Trinajstić information content (AvgIpc) is 2.97. The Hall–Kier alpha value is -2.48. The number of ether oxygens (including phenoxy) is 1. The molecular formula is C19H28N6O2. The van der Waals surface area contributed by atoms with Gasteiger partial charge in [-0.05, 0) is 70.0 Å². The predicted molar refractivity (Wildman–Crippen MR) is 102 cm³/mol. The van der Waals surface area contributed by atoms with E-state index < -0.39 is 0 Å². The third-order valence-corrected chi connectivity index (χ3v) is 4.55. The van der Waals surface area contributed by atoms with Gasteiger partial charge < -0.3 is 15.4 Å². The lowest BCUT2D eigenvalue weighted by molar-refractivity contribution is -0.124. The molecule has 1 aliphatic rings. The van der Waals surface area contributed by atoms with Gasteiger partial charge in [-0.3, -0.25) is 4.79 Å². The Morgan fingerprint density at radius 2 is 1.85 bits per heavy atom. The molecule has 2 N–H and O–H groups in total. The lowest BCUT2D eigenvalue weighted by Gasteiger charge is -2.46. The summed E-state index contributed by atoms with van der Waals surface area (Å²) in [4.78, 5) is 13.7. The quantitative estimate of drug-likeness (QED) is 0.829. The van der Waals surface area contributed by atoms with E-state index in [9.17, 15) is 4.79 Å².